The Kier molecular flexibility index (Phi) is 4.25. The highest BCUT2D eigenvalue weighted by Gasteiger charge is 2.25. The Morgan fingerprint density at radius 1 is 1.53 bits per heavy atom. The van der Waals surface area contributed by atoms with Crippen LogP contribution >= 0.6 is 0 Å². The van der Waals surface area contributed by atoms with E-state index in [0.29, 0.717) is 0 Å². The van der Waals surface area contributed by atoms with Gasteiger partial charge >= 0.3 is 11.9 Å². The summed E-state index contributed by atoms with van der Waals surface area (Å²) in [6.45, 7) is 5.54. The number of hydrogen-bond donors (Lipinski definition) is 1. The summed E-state index contributed by atoms with van der Waals surface area (Å²) in [5, 5.41) is 13.0. The van der Waals surface area contributed by atoms with Gasteiger partial charge in [-0.15, -0.1) is 0 Å². The monoisotopic (exact) mass is 240 g/mol. The number of carbonyl (C=O) groups is 2. The van der Waals surface area contributed by atoms with Crippen molar-refractivity contribution in [2.75, 3.05) is 6.61 Å². The molecule has 0 amide bonds. The van der Waals surface area contributed by atoms with Crippen molar-refractivity contribution in [2.24, 2.45) is 5.92 Å². The summed E-state index contributed by atoms with van der Waals surface area (Å²) in [6.07, 6.45) is 2.72. The Hall–Kier alpha value is -1.85. The second-order valence-corrected chi connectivity index (χ2v) is 3.96. The smallest absolute Gasteiger partial charge is 0.341 e. The number of nitrogens with zero attached hydrogens (tertiary/aromatic N) is 2. The zero-order valence-corrected chi connectivity index (χ0v) is 10.1. The Bertz CT molecular complexity index is 411. The molecule has 0 spiro atoms. The van der Waals surface area contributed by atoms with Gasteiger partial charge in [0.05, 0.1) is 18.4 Å². The van der Waals surface area contributed by atoms with Gasteiger partial charge in [-0.05, 0) is 12.8 Å². The van der Waals surface area contributed by atoms with E-state index < -0.39 is 18.0 Å². The van der Waals surface area contributed by atoms with E-state index in [1.807, 2.05) is 0 Å². The van der Waals surface area contributed by atoms with Gasteiger partial charge in [0.15, 0.2) is 6.04 Å². The second-order valence-electron chi connectivity index (χ2n) is 3.96. The summed E-state index contributed by atoms with van der Waals surface area (Å²) >= 11 is 0. The molecule has 0 aliphatic carbocycles. The standard InChI is InChI=1S/C11H16N2O4/c1-4-17-11(16)8-5-12-13(6-8)9(7(2)3)10(14)15/h5-7,9H,4H2,1-3H3,(H,14,15). The van der Waals surface area contributed by atoms with Gasteiger partial charge in [0.2, 0.25) is 0 Å². The molecule has 94 valence electrons. The van der Waals surface area contributed by atoms with E-state index in [0.717, 1.165) is 0 Å². The van der Waals surface area contributed by atoms with Gasteiger partial charge in [0.1, 0.15) is 0 Å². The van der Waals surface area contributed by atoms with Crippen LogP contribution < -0.4 is 0 Å². The molecule has 1 atom stereocenters. The number of esters is 1. The molecule has 17 heavy (non-hydrogen) atoms. The summed E-state index contributed by atoms with van der Waals surface area (Å²) < 4.78 is 6.08. The molecule has 6 heteroatoms. The van der Waals surface area contributed by atoms with E-state index >= 15 is 0 Å². The van der Waals surface area contributed by atoms with Crippen molar-refractivity contribution in [3.63, 3.8) is 0 Å². The Morgan fingerprint density at radius 2 is 2.18 bits per heavy atom. The van der Waals surface area contributed by atoms with E-state index in [9.17, 15) is 9.59 Å². The van der Waals surface area contributed by atoms with Gasteiger partial charge in [-0.3, -0.25) is 4.68 Å². The lowest BCUT2D eigenvalue weighted by Crippen LogP contribution is -2.24. The number of rotatable bonds is 5. The van der Waals surface area contributed by atoms with E-state index in [-0.39, 0.29) is 18.1 Å². The van der Waals surface area contributed by atoms with Crippen molar-refractivity contribution in [3.8, 4) is 0 Å². The van der Waals surface area contributed by atoms with Crippen LogP contribution in [0.2, 0.25) is 0 Å². The lowest BCUT2D eigenvalue weighted by Gasteiger charge is -2.16. The normalized spacial score (nSPS) is 12.5. The highest BCUT2D eigenvalue weighted by molar-refractivity contribution is 5.88. The number of hydrogen-bond acceptors (Lipinski definition) is 4. The molecule has 0 bridgehead atoms. The number of aromatic nitrogens is 2. The zero-order chi connectivity index (χ0) is 13.0. The van der Waals surface area contributed by atoms with E-state index in [4.69, 9.17) is 9.84 Å². The molecular formula is C11H16N2O4. The number of aliphatic carboxylic acids is 1. The number of carboxylic acids is 1. The average Bonchev–Trinajstić information content (AvgIpc) is 2.66. The minimum atomic E-state index is -0.974. The zero-order valence-electron chi connectivity index (χ0n) is 10.1. The summed E-state index contributed by atoms with van der Waals surface area (Å²) in [7, 11) is 0. The van der Waals surface area contributed by atoms with Crippen LogP contribution in [0, 0.1) is 5.92 Å². The summed E-state index contributed by atoms with van der Waals surface area (Å²) in [4.78, 5) is 22.5. The van der Waals surface area contributed by atoms with Crippen molar-refractivity contribution < 1.29 is 19.4 Å². The fraction of sp³-hybridized carbons (Fsp3) is 0.545. The fourth-order valence-electron chi connectivity index (χ4n) is 1.51. The van der Waals surface area contributed by atoms with Crippen molar-refractivity contribution in [2.45, 2.75) is 26.8 Å². The molecule has 1 heterocycles. The topological polar surface area (TPSA) is 81.4 Å². The van der Waals surface area contributed by atoms with Gasteiger partial charge < -0.3 is 9.84 Å². The Balaban J connectivity index is 2.93. The third-order valence-corrected chi connectivity index (χ3v) is 2.28. The first kappa shape index (κ1) is 13.2. The largest absolute Gasteiger partial charge is 0.480 e. The third-order valence-electron chi connectivity index (χ3n) is 2.28. The van der Waals surface area contributed by atoms with E-state index in [1.54, 1.807) is 20.8 Å². The number of carbonyl (C=O) groups excluding carboxylic acids is 1. The first-order chi connectivity index (χ1) is 7.97. The molecule has 0 aromatic carbocycles. The molecule has 0 saturated carbocycles. The molecular weight excluding hydrogens is 224 g/mol. The van der Waals surface area contributed by atoms with Gasteiger partial charge in [0, 0.05) is 6.20 Å². The highest BCUT2D eigenvalue weighted by atomic mass is 16.5. The van der Waals surface area contributed by atoms with Crippen LogP contribution in [-0.2, 0) is 9.53 Å². The summed E-state index contributed by atoms with van der Waals surface area (Å²) in [5.74, 6) is -1.59. The van der Waals surface area contributed by atoms with E-state index in [2.05, 4.69) is 5.10 Å². The second kappa shape index (κ2) is 5.47. The van der Waals surface area contributed by atoms with Crippen LogP contribution in [-0.4, -0.2) is 33.4 Å². The maximum Gasteiger partial charge on any atom is 0.341 e. The third kappa shape index (κ3) is 3.05. The maximum atomic E-state index is 11.4. The number of ether oxygens (including phenoxy) is 1. The molecule has 1 N–H and O–H groups in total. The minimum absolute atomic E-state index is 0.123. The molecule has 0 aliphatic rings. The van der Waals surface area contributed by atoms with Crippen LogP contribution in [0.15, 0.2) is 12.4 Å². The van der Waals surface area contributed by atoms with Gasteiger partial charge in [-0.25, -0.2) is 9.59 Å². The van der Waals surface area contributed by atoms with Gasteiger partial charge in [0.25, 0.3) is 0 Å². The fourth-order valence-corrected chi connectivity index (χ4v) is 1.51. The molecule has 0 radical (unpaired) electrons. The van der Waals surface area contributed by atoms with Crippen molar-refractivity contribution in [1.82, 2.24) is 9.78 Å². The quantitative estimate of drug-likeness (QED) is 0.785. The summed E-state index contributed by atoms with van der Waals surface area (Å²) in [6, 6.07) is -0.779. The van der Waals surface area contributed by atoms with Crippen LogP contribution in [0.5, 0.6) is 0 Å². The molecule has 0 fully saturated rings. The first-order valence-electron chi connectivity index (χ1n) is 5.41. The van der Waals surface area contributed by atoms with Gasteiger partial charge in [-0.1, -0.05) is 13.8 Å². The molecule has 1 aromatic rings. The van der Waals surface area contributed by atoms with E-state index in [1.165, 1.54) is 17.1 Å². The molecule has 0 aliphatic heterocycles. The minimum Gasteiger partial charge on any atom is -0.480 e. The number of carboxylic acid groups (broad SMARTS) is 1. The van der Waals surface area contributed by atoms with Crippen molar-refractivity contribution >= 4 is 11.9 Å². The molecule has 1 rings (SSSR count). The molecule has 1 unspecified atom stereocenters. The maximum absolute atomic E-state index is 11.4. The molecule has 1 aromatic heterocycles. The van der Waals surface area contributed by atoms with Crippen LogP contribution in [0.4, 0.5) is 0 Å². The van der Waals surface area contributed by atoms with Crippen LogP contribution in [0.3, 0.4) is 0 Å². The molecule has 0 saturated heterocycles. The van der Waals surface area contributed by atoms with Crippen LogP contribution in [0.25, 0.3) is 0 Å². The van der Waals surface area contributed by atoms with Crippen molar-refractivity contribution in [3.05, 3.63) is 18.0 Å². The molecule has 6 nitrogen and oxygen atoms in total. The highest BCUT2D eigenvalue weighted by Crippen LogP contribution is 2.17. The Morgan fingerprint density at radius 3 is 2.65 bits per heavy atom. The predicted molar refractivity (Wildman–Crippen MR) is 59.7 cm³/mol. The Labute approximate surface area is 99.2 Å². The van der Waals surface area contributed by atoms with Gasteiger partial charge in [-0.2, -0.15) is 5.10 Å². The first-order valence-corrected chi connectivity index (χ1v) is 5.41. The van der Waals surface area contributed by atoms with Crippen LogP contribution in [0.1, 0.15) is 37.2 Å². The van der Waals surface area contributed by atoms with Crippen molar-refractivity contribution in [1.29, 1.82) is 0 Å². The predicted octanol–water partition coefficient (Wildman–Crippen LogP) is 1.34. The lowest BCUT2D eigenvalue weighted by atomic mass is 10.1. The summed E-state index contributed by atoms with van der Waals surface area (Å²) in [5.41, 5.74) is 0.263. The lowest BCUT2D eigenvalue weighted by molar-refractivity contribution is -0.142. The SMILES string of the molecule is CCOC(=O)c1cnn(C(C(=O)O)C(C)C)c1. The average molecular weight is 240 g/mol.